The first-order valence-corrected chi connectivity index (χ1v) is 8.16. The fourth-order valence-electron chi connectivity index (χ4n) is 3.13. The van der Waals surface area contributed by atoms with Crippen LogP contribution in [0, 0.1) is 0 Å². The van der Waals surface area contributed by atoms with Gasteiger partial charge in [-0.05, 0) is 42.0 Å². The zero-order valence-corrected chi connectivity index (χ0v) is 13.8. The van der Waals surface area contributed by atoms with Crippen LogP contribution < -0.4 is 15.0 Å². The maximum atomic E-state index is 13.2. The molecule has 25 heavy (non-hydrogen) atoms. The van der Waals surface area contributed by atoms with Gasteiger partial charge < -0.3 is 10.1 Å². The van der Waals surface area contributed by atoms with Gasteiger partial charge in [-0.3, -0.25) is 9.69 Å². The van der Waals surface area contributed by atoms with Gasteiger partial charge >= 0.3 is 0 Å². The van der Waals surface area contributed by atoms with Gasteiger partial charge in [0.2, 0.25) is 0 Å². The van der Waals surface area contributed by atoms with E-state index in [2.05, 4.69) is 5.32 Å². The van der Waals surface area contributed by atoms with Gasteiger partial charge in [-0.25, -0.2) is 0 Å². The summed E-state index contributed by atoms with van der Waals surface area (Å²) in [5, 5.41) is 3.49. The largest absolute Gasteiger partial charge is 0.497 e. The van der Waals surface area contributed by atoms with Gasteiger partial charge in [0.25, 0.3) is 5.91 Å². The Morgan fingerprint density at radius 3 is 2.28 bits per heavy atom. The molecule has 0 spiro atoms. The van der Waals surface area contributed by atoms with Crippen LogP contribution in [0.1, 0.15) is 22.1 Å². The molecule has 1 heterocycles. The Hall–Kier alpha value is -3.27. The summed E-state index contributed by atoms with van der Waals surface area (Å²) in [6, 6.07) is 25.1. The van der Waals surface area contributed by atoms with E-state index in [9.17, 15) is 4.79 Å². The van der Waals surface area contributed by atoms with E-state index in [1.807, 2.05) is 78.9 Å². The SMILES string of the molecule is COc1ccc([C@@H]2Nc3ccccc3C(=O)N2c2ccccc2)cc1. The number of nitrogens with one attached hydrogen (secondary N) is 1. The van der Waals surface area contributed by atoms with E-state index >= 15 is 0 Å². The van der Waals surface area contributed by atoms with Crippen molar-refractivity contribution in [1.82, 2.24) is 0 Å². The van der Waals surface area contributed by atoms with Crippen molar-refractivity contribution in [2.45, 2.75) is 6.17 Å². The van der Waals surface area contributed by atoms with Crippen molar-refractivity contribution < 1.29 is 9.53 Å². The lowest BCUT2D eigenvalue weighted by molar-refractivity contribution is 0.0975. The van der Waals surface area contributed by atoms with Crippen LogP contribution >= 0.6 is 0 Å². The van der Waals surface area contributed by atoms with Crippen LogP contribution in [-0.2, 0) is 0 Å². The van der Waals surface area contributed by atoms with Crippen molar-refractivity contribution in [3.63, 3.8) is 0 Å². The molecule has 3 aromatic carbocycles. The molecule has 1 N–H and O–H groups in total. The average molecular weight is 330 g/mol. The summed E-state index contributed by atoms with van der Waals surface area (Å²) in [5.41, 5.74) is 3.37. The Bertz CT molecular complexity index is 891. The standard InChI is InChI=1S/C21H18N2O2/c1-25-17-13-11-15(12-14-17)20-22-19-10-6-5-9-18(19)21(24)23(20)16-7-3-2-4-8-16/h2-14,20,22H,1H3/t20-/m1/s1. The maximum Gasteiger partial charge on any atom is 0.262 e. The summed E-state index contributed by atoms with van der Waals surface area (Å²) in [7, 11) is 1.64. The van der Waals surface area contributed by atoms with E-state index in [1.54, 1.807) is 12.0 Å². The molecule has 0 aromatic heterocycles. The first-order valence-electron chi connectivity index (χ1n) is 8.16. The molecule has 0 radical (unpaired) electrons. The number of ether oxygens (including phenoxy) is 1. The Balaban J connectivity index is 1.82. The van der Waals surface area contributed by atoms with Crippen LogP contribution in [-0.4, -0.2) is 13.0 Å². The number of hydrogen-bond donors (Lipinski definition) is 1. The minimum Gasteiger partial charge on any atom is -0.497 e. The van der Waals surface area contributed by atoms with Crippen molar-refractivity contribution in [1.29, 1.82) is 0 Å². The van der Waals surface area contributed by atoms with Crippen molar-refractivity contribution in [2.24, 2.45) is 0 Å². The first-order chi connectivity index (χ1) is 12.3. The molecule has 0 aliphatic carbocycles. The number of nitrogens with zero attached hydrogens (tertiary/aromatic N) is 1. The van der Waals surface area contributed by atoms with E-state index in [1.165, 1.54) is 0 Å². The third-order valence-electron chi connectivity index (χ3n) is 4.39. The molecule has 3 aromatic rings. The maximum absolute atomic E-state index is 13.2. The predicted molar refractivity (Wildman–Crippen MR) is 99.1 cm³/mol. The zero-order valence-electron chi connectivity index (χ0n) is 13.8. The van der Waals surface area contributed by atoms with Crippen LogP contribution in [0.4, 0.5) is 11.4 Å². The van der Waals surface area contributed by atoms with E-state index in [4.69, 9.17) is 4.74 Å². The molecule has 0 bridgehead atoms. The third kappa shape index (κ3) is 2.72. The average Bonchev–Trinajstić information content (AvgIpc) is 2.69. The molecule has 1 aliphatic heterocycles. The van der Waals surface area contributed by atoms with Crippen molar-refractivity contribution >= 4 is 17.3 Å². The monoisotopic (exact) mass is 330 g/mol. The second-order valence-electron chi connectivity index (χ2n) is 5.88. The highest BCUT2D eigenvalue weighted by atomic mass is 16.5. The number of anilines is 2. The van der Waals surface area contributed by atoms with Gasteiger partial charge in [-0.2, -0.15) is 0 Å². The lowest BCUT2D eigenvalue weighted by Crippen LogP contribution is -2.43. The molecule has 0 saturated carbocycles. The number of amides is 1. The highest BCUT2D eigenvalue weighted by Gasteiger charge is 2.33. The molecular formula is C21H18N2O2. The number of fused-ring (bicyclic) bond motifs is 1. The number of hydrogen-bond acceptors (Lipinski definition) is 3. The van der Waals surface area contributed by atoms with Crippen molar-refractivity contribution in [2.75, 3.05) is 17.3 Å². The topological polar surface area (TPSA) is 41.6 Å². The van der Waals surface area contributed by atoms with Crippen LogP contribution in [0.15, 0.2) is 78.9 Å². The van der Waals surface area contributed by atoms with E-state index in [0.717, 1.165) is 22.7 Å². The zero-order chi connectivity index (χ0) is 17.2. The first kappa shape index (κ1) is 15.3. The van der Waals surface area contributed by atoms with Crippen LogP contribution in [0.25, 0.3) is 0 Å². The van der Waals surface area contributed by atoms with Crippen LogP contribution in [0.2, 0.25) is 0 Å². The fraction of sp³-hybridized carbons (Fsp3) is 0.0952. The molecule has 4 rings (SSSR count). The van der Waals surface area contributed by atoms with Gasteiger partial charge in [-0.1, -0.05) is 42.5 Å². The Morgan fingerprint density at radius 2 is 1.56 bits per heavy atom. The van der Waals surface area contributed by atoms with Crippen LogP contribution in [0.5, 0.6) is 5.75 Å². The Labute approximate surface area is 146 Å². The summed E-state index contributed by atoms with van der Waals surface area (Å²) in [6.45, 7) is 0. The lowest BCUT2D eigenvalue weighted by atomic mass is 10.0. The molecule has 1 aliphatic rings. The summed E-state index contributed by atoms with van der Waals surface area (Å²) < 4.78 is 5.24. The van der Waals surface area contributed by atoms with Gasteiger partial charge in [0.15, 0.2) is 0 Å². The summed E-state index contributed by atoms with van der Waals surface area (Å²) in [5.74, 6) is 0.777. The van der Waals surface area contributed by atoms with Crippen LogP contribution in [0.3, 0.4) is 0 Å². The quantitative estimate of drug-likeness (QED) is 0.770. The molecule has 4 nitrogen and oxygen atoms in total. The second-order valence-corrected chi connectivity index (χ2v) is 5.88. The molecule has 1 atom stereocenters. The van der Waals surface area contributed by atoms with E-state index in [0.29, 0.717) is 5.56 Å². The highest BCUT2D eigenvalue weighted by Crippen LogP contribution is 2.36. The number of methoxy groups -OCH3 is 1. The molecule has 0 saturated heterocycles. The molecule has 1 amide bonds. The van der Waals surface area contributed by atoms with Crippen molar-refractivity contribution in [3.05, 3.63) is 90.0 Å². The summed E-state index contributed by atoms with van der Waals surface area (Å²) in [4.78, 5) is 15.0. The Kier molecular flexibility index (Phi) is 3.86. The predicted octanol–water partition coefficient (Wildman–Crippen LogP) is 4.47. The number of benzene rings is 3. The minimum atomic E-state index is -0.282. The summed E-state index contributed by atoms with van der Waals surface area (Å²) in [6.07, 6.45) is -0.282. The number of rotatable bonds is 3. The molecule has 0 unspecified atom stereocenters. The van der Waals surface area contributed by atoms with Crippen molar-refractivity contribution in [3.8, 4) is 5.75 Å². The number of carbonyl (C=O) groups excluding carboxylic acids is 1. The van der Waals surface area contributed by atoms with Gasteiger partial charge in [-0.15, -0.1) is 0 Å². The highest BCUT2D eigenvalue weighted by molar-refractivity contribution is 6.12. The molecule has 124 valence electrons. The van der Waals surface area contributed by atoms with Gasteiger partial charge in [0.1, 0.15) is 11.9 Å². The van der Waals surface area contributed by atoms with Gasteiger partial charge in [0, 0.05) is 11.4 Å². The summed E-state index contributed by atoms with van der Waals surface area (Å²) >= 11 is 0. The molecular weight excluding hydrogens is 312 g/mol. The Morgan fingerprint density at radius 1 is 0.880 bits per heavy atom. The smallest absolute Gasteiger partial charge is 0.262 e. The number of carbonyl (C=O) groups is 1. The minimum absolute atomic E-state index is 0.0126. The van der Waals surface area contributed by atoms with E-state index in [-0.39, 0.29) is 12.1 Å². The normalized spacial score (nSPS) is 16.1. The van der Waals surface area contributed by atoms with E-state index < -0.39 is 0 Å². The lowest BCUT2D eigenvalue weighted by Gasteiger charge is -2.38. The second kappa shape index (κ2) is 6.32. The molecule has 0 fully saturated rings. The third-order valence-corrected chi connectivity index (χ3v) is 4.39. The fourth-order valence-corrected chi connectivity index (χ4v) is 3.13. The molecule has 4 heteroatoms. The number of para-hydroxylation sites is 2. The van der Waals surface area contributed by atoms with Gasteiger partial charge in [0.05, 0.1) is 12.7 Å².